The van der Waals surface area contributed by atoms with E-state index in [2.05, 4.69) is 38.8 Å². The Morgan fingerprint density at radius 1 is 1.09 bits per heavy atom. The molecule has 1 aliphatic rings. The first-order valence-corrected chi connectivity index (χ1v) is 12.1. The molecule has 0 spiro atoms. The first-order chi connectivity index (χ1) is 16.9. The number of nitrogens with one attached hydrogen (secondary N) is 3. The van der Waals surface area contributed by atoms with Gasteiger partial charge in [0.15, 0.2) is 0 Å². The lowest BCUT2D eigenvalue weighted by molar-refractivity contribution is 0.188. The first-order valence-electron chi connectivity index (χ1n) is 12.1. The average Bonchev–Trinajstić information content (AvgIpc) is 3.31. The summed E-state index contributed by atoms with van der Waals surface area (Å²) >= 11 is 0. The van der Waals surface area contributed by atoms with Gasteiger partial charge >= 0.3 is 12.1 Å². The lowest BCUT2D eigenvalue weighted by Gasteiger charge is -2.25. The topological polar surface area (TPSA) is 89.6 Å². The number of benzene rings is 2. The fourth-order valence-corrected chi connectivity index (χ4v) is 4.51. The number of hydrogen-bond donors (Lipinski definition) is 3. The van der Waals surface area contributed by atoms with E-state index in [1.165, 1.54) is 5.56 Å². The summed E-state index contributed by atoms with van der Waals surface area (Å²) in [5.74, 6) is 0. The van der Waals surface area contributed by atoms with Gasteiger partial charge in [-0.3, -0.25) is 9.88 Å². The third-order valence-electron chi connectivity index (χ3n) is 6.61. The average molecular weight is 475 g/mol. The highest BCUT2D eigenvalue weighted by Gasteiger charge is 2.28. The molecule has 4 rings (SSSR count). The lowest BCUT2D eigenvalue weighted by Crippen LogP contribution is -2.45. The Kier molecular flexibility index (Phi) is 7.82. The number of amides is 4. The minimum atomic E-state index is -0.232. The highest BCUT2D eigenvalue weighted by Crippen LogP contribution is 2.22. The van der Waals surface area contributed by atoms with Crippen molar-refractivity contribution in [3.05, 3.63) is 71.4 Å². The number of carbonyl (C=O) groups is 2. The van der Waals surface area contributed by atoms with Gasteiger partial charge in [0.05, 0.1) is 11.2 Å². The van der Waals surface area contributed by atoms with E-state index >= 15 is 0 Å². The summed E-state index contributed by atoms with van der Waals surface area (Å²) in [5.41, 5.74) is 4.77. The van der Waals surface area contributed by atoms with E-state index in [1.807, 2.05) is 62.5 Å². The number of pyridine rings is 1. The molecule has 2 aromatic carbocycles. The van der Waals surface area contributed by atoms with E-state index in [4.69, 9.17) is 0 Å². The zero-order valence-corrected chi connectivity index (χ0v) is 20.7. The minimum Gasteiger partial charge on any atom is -0.337 e. The van der Waals surface area contributed by atoms with Crippen molar-refractivity contribution in [1.82, 2.24) is 25.4 Å². The van der Waals surface area contributed by atoms with Gasteiger partial charge in [0.1, 0.15) is 0 Å². The van der Waals surface area contributed by atoms with Gasteiger partial charge in [-0.2, -0.15) is 0 Å². The molecule has 3 N–H and O–H groups in total. The van der Waals surface area contributed by atoms with E-state index in [1.54, 1.807) is 4.90 Å². The molecular weight excluding hydrogens is 440 g/mol. The van der Waals surface area contributed by atoms with Crippen LogP contribution in [0.3, 0.4) is 0 Å². The molecule has 184 valence electrons. The number of aryl methyl sites for hydroxylation is 2. The van der Waals surface area contributed by atoms with Crippen molar-refractivity contribution >= 4 is 28.7 Å². The highest BCUT2D eigenvalue weighted by molar-refractivity contribution is 6.00. The van der Waals surface area contributed by atoms with Crippen molar-refractivity contribution in [2.45, 2.75) is 32.9 Å². The number of urea groups is 2. The van der Waals surface area contributed by atoms with Crippen LogP contribution >= 0.6 is 0 Å². The molecule has 1 unspecified atom stereocenters. The molecule has 2 heterocycles. The number of nitrogens with zero attached hydrogens (tertiary/aromatic N) is 3. The third kappa shape index (κ3) is 6.27. The molecule has 1 atom stereocenters. The first kappa shape index (κ1) is 24.5. The zero-order valence-electron chi connectivity index (χ0n) is 20.7. The Bertz CT molecular complexity index is 1200. The number of carbonyl (C=O) groups excluding carboxylic acids is 2. The molecule has 3 aromatic rings. The second kappa shape index (κ2) is 11.2. The molecule has 8 heteroatoms. The van der Waals surface area contributed by atoms with Gasteiger partial charge in [0.2, 0.25) is 0 Å². The predicted molar refractivity (Wildman–Crippen MR) is 140 cm³/mol. The Balaban J connectivity index is 1.20. The molecule has 4 amide bonds. The van der Waals surface area contributed by atoms with Crippen LogP contribution in [0.2, 0.25) is 0 Å². The zero-order chi connectivity index (χ0) is 24.8. The summed E-state index contributed by atoms with van der Waals surface area (Å²) in [7, 11) is 1.86. The van der Waals surface area contributed by atoms with E-state index < -0.39 is 0 Å². The number of hydrogen-bond acceptors (Lipinski definition) is 4. The van der Waals surface area contributed by atoms with Crippen LogP contribution < -0.4 is 16.0 Å². The molecule has 1 saturated heterocycles. The summed E-state index contributed by atoms with van der Waals surface area (Å²) in [4.78, 5) is 33.7. The van der Waals surface area contributed by atoms with Crippen LogP contribution in [-0.2, 0) is 6.54 Å². The Labute approximate surface area is 206 Å². The van der Waals surface area contributed by atoms with Crippen LogP contribution in [0.25, 0.3) is 10.9 Å². The molecule has 1 aromatic heterocycles. The number of likely N-dealkylation sites (tertiary alicyclic amines) is 1. The number of para-hydroxylation sites is 1. The normalized spacial score (nSPS) is 15.7. The fraction of sp³-hybridized carbons (Fsp3) is 0.370. The van der Waals surface area contributed by atoms with Crippen molar-refractivity contribution in [3.63, 3.8) is 0 Å². The summed E-state index contributed by atoms with van der Waals surface area (Å²) < 4.78 is 0. The number of aromatic nitrogens is 1. The van der Waals surface area contributed by atoms with Crippen molar-refractivity contribution in [3.8, 4) is 0 Å². The third-order valence-corrected chi connectivity index (χ3v) is 6.61. The van der Waals surface area contributed by atoms with Crippen LogP contribution in [-0.4, -0.2) is 66.1 Å². The van der Waals surface area contributed by atoms with E-state index in [9.17, 15) is 9.59 Å². The molecule has 0 radical (unpaired) electrons. The van der Waals surface area contributed by atoms with Crippen molar-refractivity contribution in [2.24, 2.45) is 0 Å². The van der Waals surface area contributed by atoms with Gasteiger partial charge in [-0.15, -0.1) is 0 Å². The van der Waals surface area contributed by atoms with Gasteiger partial charge in [-0.25, -0.2) is 9.59 Å². The largest absolute Gasteiger partial charge is 0.337 e. The molecule has 35 heavy (non-hydrogen) atoms. The molecule has 1 aliphatic heterocycles. The van der Waals surface area contributed by atoms with Crippen LogP contribution in [0.15, 0.2) is 54.6 Å². The smallest absolute Gasteiger partial charge is 0.319 e. The Morgan fingerprint density at radius 2 is 1.86 bits per heavy atom. The Hall–Kier alpha value is -3.65. The van der Waals surface area contributed by atoms with Gasteiger partial charge in [-0.1, -0.05) is 42.5 Å². The van der Waals surface area contributed by atoms with Gasteiger partial charge in [0, 0.05) is 56.9 Å². The predicted octanol–water partition coefficient (Wildman–Crippen LogP) is 3.89. The van der Waals surface area contributed by atoms with Crippen molar-refractivity contribution in [2.75, 3.05) is 38.5 Å². The quantitative estimate of drug-likeness (QED) is 0.485. The van der Waals surface area contributed by atoms with E-state index in [-0.39, 0.29) is 18.1 Å². The summed E-state index contributed by atoms with van der Waals surface area (Å²) in [5, 5.41) is 9.85. The maximum absolute atomic E-state index is 12.6. The highest BCUT2D eigenvalue weighted by atomic mass is 16.2. The second-order valence-electron chi connectivity index (χ2n) is 9.15. The van der Waals surface area contributed by atoms with Crippen LogP contribution in [0.5, 0.6) is 0 Å². The molecule has 0 bridgehead atoms. The second-order valence-corrected chi connectivity index (χ2v) is 9.15. The van der Waals surface area contributed by atoms with Crippen LogP contribution in [0.4, 0.5) is 15.3 Å². The van der Waals surface area contributed by atoms with Crippen molar-refractivity contribution in [1.29, 1.82) is 0 Å². The fourth-order valence-electron chi connectivity index (χ4n) is 4.51. The number of anilines is 1. The monoisotopic (exact) mass is 474 g/mol. The summed E-state index contributed by atoms with van der Waals surface area (Å²) in [6.07, 6.45) is 0.919. The molecule has 1 fully saturated rings. The van der Waals surface area contributed by atoms with E-state index in [0.717, 1.165) is 53.9 Å². The van der Waals surface area contributed by atoms with E-state index in [0.29, 0.717) is 13.1 Å². The standard InChI is InChI=1S/C27H34N6O2/c1-19-8-4-5-9-21(19)17-29-27(35)32(3)22-12-14-33(18-22)15-13-28-26(34)31-25-16-20(2)30-24-11-7-6-10-23(24)25/h4-11,16,22H,12-15,17-18H2,1-3H3,(H,29,35)(H2,28,30,31,34). The lowest BCUT2D eigenvalue weighted by atomic mass is 10.1. The maximum Gasteiger partial charge on any atom is 0.319 e. The van der Waals surface area contributed by atoms with Gasteiger partial charge < -0.3 is 20.9 Å². The number of rotatable bonds is 7. The summed E-state index contributed by atoms with van der Waals surface area (Å²) in [6.45, 7) is 7.46. The molecule has 0 aliphatic carbocycles. The van der Waals surface area contributed by atoms with Crippen molar-refractivity contribution < 1.29 is 9.59 Å². The van der Waals surface area contributed by atoms with Crippen LogP contribution in [0, 0.1) is 13.8 Å². The maximum atomic E-state index is 12.6. The number of likely N-dealkylation sites (N-methyl/N-ethyl adjacent to an activating group) is 1. The molecule has 8 nitrogen and oxygen atoms in total. The van der Waals surface area contributed by atoms with Gasteiger partial charge in [0.25, 0.3) is 0 Å². The van der Waals surface area contributed by atoms with Gasteiger partial charge in [-0.05, 0) is 43.5 Å². The SMILES string of the molecule is Cc1cc(NC(=O)NCCN2CCC(N(C)C(=O)NCc3ccccc3C)C2)c2ccccc2n1. The molecule has 0 saturated carbocycles. The number of fused-ring (bicyclic) bond motifs is 1. The summed E-state index contributed by atoms with van der Waals surface area (Å²) in [6, 6.07) is 17.6. The Morgan fingerprint density at radius 3 is 2.69 bits per heavy atom. The molecular formula is C27H34N6O2. The minimum absolute atomic E-state index is 0.0579. The van der Waals surface area contributed by atoms with Crippen LogP contribution in [0.1, 0.15) is 23.2 Å².